The molecule has 1 aromatic carbocycles. The fraction of sp³-hybridized carbons (Fsp3) is 0.533. The Kier molecular flexibility index (Phi) is 4.71. The maximum Gasteiger partial charge on any atom is 0.231 e. The first-order valence-corrected chi connectivity index (χ1v) is 7.15. The first-order chi connectivity index (χ1) is 9.65. The molecule has 0 spiro atoms. The highest BCUT2D eigenvalue weighted by atomic mass is 16.7. The van der Waals surface area contributed by atoms with Gasteiger partial charge in [0.1, 0.15) is 0 Å². The minimum Gasteiger partial charge on any atom is -0.454 e. The van der Waals surface area contributed by atoms with Crippen molar-refractivity contribution in [3.8, 4) is 11.5 Å². The third-order valence-corrected chi connectivity index (χ3v) is 3.57. The molecule has 1 aliphatic rings. The molecule has 0 radical (unpaired) electrons. The summed E-state index contributed by atoms with van der Waals surface area (Å²) in [5.41, 5.74) is 7.02. The average molecular weight is 278 g/mol. The average Bonchev–Trinajstić information content (AvgIpc) is 2.87. The number of carbonyl (C=O) groups excluding carboxylic acids is 1. The molecule has 20 heavy (non-hydrogen) atoms. The van der Waals surface area contributed by atoms with Gasteiger partial charge in [0, 0.05) is 18.1 Å². The summed E-state index contributed by atoms with van der Waals surface area (Å²) in [4.78, 5) is 12.3. The van der Waals surface area contributed by atoms with Crippen LogP contribution in [-0.4, -0.2) is 12.7 Å². The number of anilines is 2. The standard InChI is InChI=1S/C15H22N2O3/c1-3-5-6-10(4-2)15(18)17-12-8-14-13(7-11(12)16)19-9-20-14/h7-8,10H,3-6,9,16H2,1-2H3,(H,17,18). The normalized spacial score (nSPS) is 14.1. The van der Waals surface area contributed by atoms with Gasteiger partial charge in [-0.15, -0.1) is 0 Å². The van der Waals surface area contributed by atoms with Gasteiger partial charge in [-0.3, -0.25) is 4.79 Å². The molecular formula is C15H22N2O3. The number of ether oxygens (including phenoxy) is 2. The fourth-order valence-corrected chi connectivity index (χ4v) is 2.27. The van der Waals surface area contributed by atoms with Gasteiger partial charge in [-0.2, -0.15) is 0 Å². The van der Waals surface area contributed by atoms with Crippen molar-refractivity contribution in [2.45, 2.75) is 39.5 Å². The highest BCUT2D eigenvalue weighted by Gasteiger charge is 2.20. The van der Waals surface area contributed by atoms with Crippen molar-refractivity contribution >= 4 is 17.3 Å². The maximum absolute atomic E-state index is 12.3. The van der Waals surface area contributed by atoms with Crippen LogP contribution in [0.25, 0.3) is 0 Å². The molecular weight excluding hydrogens is 256 g/mol. The van der Waals surface area contributed by atoms with Gasteiger partial charge in [0.2, 0.25) is 12.7 Å². The lowest BCUT2D eigenvalue weighted by atomic mass is 9.98. The van der Waals surface area contributed by atoms with Crippen LogP contribution in [0.4, 0.5) is 11.4 Å². The molecule has 0 aliphatic carbocycles. The summed E-state index contributed by atoms with van der Waals surface area (Å²) in [7, 11) is 0. The molecule has 5 heteroatoms. The van der Waals surface area contributed by atoms with Gasteiger partial charge in [-0.25, -0.2) is 0 Å². The zero-order valence-electron chi connectivity index (χ0n) is 12.1. The van der Waals surface area contributed by atoms with Gasteiger partial charge >= 0.3 is 0 Å². The zero-order valence-corrected chi connectivity index (χ0v) is 12.1. The van der Waals surface area contributed by atoms with Crippen LogP contribution >= 0.6 is 0 Å². The molecule has 2 rings (SSSR count). The number of nitrogen functional groups attached to an aromatic ring is 1. The zero-order chi connectivity index (χ0) is 14.5. The number of hydrogen-bond donors (Lipinski definition) is 2. The molecule has 1 atom stereocenters. The van der Waals surface area contributed by atoms with Crippen molar-refractivity contribution < 1.29 is 14.3 Å². The van der Waals surface area contributed by atoms with E-state index in [1.165, 1.54) is 0 Å². The van der Waals surface area contributed by atoms with Gasteiger partial charge in [0.05, 0.1) is 11.4 Å². The summed E-state index contributed by atoms with van der Waals surface area (Å²) >= 11 is 0. The Morgan fingerprint density at radius 1 is 1.35 bits per heavy atom. The molecule has 1 amide bonds. The number of carbonyl (C=O) groups is 1. The van der Waals surface area contributed by atoms with Crippen LogP contribution in [0.15, 0.2) is 12.1 Å². The van der Waals surface area contributed by atoms with E-state index in [-0.39, 0.29) is 18.6 Å². The minimum absolute atomic E-state index is 0.0199. The number of amides is 1. The number of fused-ring (bicyclic) bond motifs is 1. The summed E-state index contributed by atoms with van der Waals surface area (Å²) in [5.74, 6) is 1.29. The van der Waals surface area contributed by atoms with Gasteiger partial charge < -0.3 is 20.5 Å². The van der Waals surface area contributed by atoms with Crippen molar-refractivity contribution in [3.05, 3.63) is 12.1 Å². The molecule has 0 saturated carbocycles. The van der Waals surface area contributed by atoms with E-state index in [1.807, 2.05) is 6.92 Å². The Labute approximate surface area is 119 Å². The second-order valence-electron chi connectivity index (χ2n) is 5.03. The van der Waals surface area contributed by atoms with Crippen LogP contribution in [0.2, 0.25) is 0 Å². The summed E-state index contributed by atoms with van der Waals surface area (Å²) in [6.45, 7) is 4.35. The molecule has 1 aliphatic heterocycles. The lowest BCUT2D eigenvalue weighted by Gasteiger charge is -2.16. The lowest BCUT2D eigenvalue weighted by molar-refractivity contribution is -0.120. The monoisotopic (exact) mass is 278 g/mol. The Balaban J connectivity index is 2.07. The number of rotatable bonds is 6. The second kappa shape index (κ2) is 6.50. The van der Waals surface area contributed by atoms with Crippen LogP contribution in [0.1, 0.15) is 39.5 Å². The maximum atomic E-state index is 12.3. The largest absolute Gasteiger partial charge is 0.454 e. The Hall–Kier alpha value is -1.91. The van der Waals surface area contributed by atoms with E-state index in [2.05, 4.69) is 12.2 Å². The lowest BCUT2D eigenvalue weighted by Crippen LogP contribution is -2.22. The van der Waals surface area contributed by atoms with E-state index < -0.39 is 0 Å². The van der Waals surface area contributed by atoms with E-state index in [0.29, 0.717) is 22.9 Å². The molecule has 1 aromatic rings. The van der Waals surface area contributed by atoms with Crippen LogP contribution in [-0.2, 0) is 4.79 Å². The van der Waals surface area contributed by atoms with Gasteiger partial charge in [-0.05, 0) is 12.8 Å². The molecule has 5 nitrogen and oxygen atoms in total. The van der Waals surface area contributed by atoms with E-state index >= 15 is 0 Å². The van der Waals surface area contributed by atoms with E-state index in [4.69, 9.17) is 15.2 Å². The van der Waals surface area contributed by atoms with Crippen LogP contribution in [0.5, 0.6) is 11.5 Å². The highest BCUT2D eigenvalue weighted by molar-refractivity contribution is 5.96. The van der Waals surface area contributed by atoms with Crippen molar-refractivity contribution in [2.24, 2.45) is 5.92 Å². The number of benzene rings is 1. The van der Waals surface area contributed by atoms with Crippen molar-refractivity contribution in [1.29, 1.82) is 0 Å². The molecule has 1 unspecified atom stereocenters. The molecule has 0 saturated heterocycles. The Bertz CT molecular complexity index is 488. The van der Waals surface area contributed by atoms with Gasteiger partial charge in [0.25, 0.3) is 0 Å². The summed E-state index contributed by atoms with van der Waals surface area (Å²) in [6.07, 6.45) is 3.89. The smallest absolute Gasteiger partial charge is 0.231 e. The number of hydrogen-bond acceptors (Lipinski definition) is 4. The van der Waals surface area contributed by atoms with Crippen LogP contribution in [0, 0.1) is 5.92 Å². The molecule has 1 heterocycles. The van der Waals surface area contributed by atoms with E-state index in [1.54, 1.807) is 12.1 Å². The fourth-order valence-electron chi connectivity index (χ4n) is 2.27. The minimum atomic E-state index is 0.0199. The van der Waals surface area contributed by atoms with Crippen molar-refractivity contribution in [2.75, 3.05) is 17.8 Å². The Morgan fingerprint density at radius 2 is 2.05 bits per heavy atom. The van der Waals surface area contributed by atoms with Gasteiger partial charge in [-0.1, -0.05) is 26.7 Å². The molecule has 110 valence electrons. The molecule has 0 aromatic heterocycles. The number of nitrogens with two attached hydrogens (primary N) is 1. The molecule has 3 N–H and O–H groups in total. The van der Waals surface area contributed by atoms with E-state index in [0.717, 1.165) is 25.7 Å². The summed E-state index contributed by atoms with van der Waals surface area (Å²) < 4.78 is 10.5. The second-order valence-corrected chi connectivity index (χ2v) is 5.03. The van der Waals surface area contributed by atoms with E-state index in [9.17, 15) is 4.79 Å². The van der Waals surface area contributed by atoms with Crippen LogP contribution in [0.3, 0.4) is 0 Å². The number of unbranched alkanes of at least 4 members (excludes halogenated alkanes) is 1. The number of nitrogens with one attached hydrogen (secondary N) is 1. The molecule has 0 bridgehead atoms. The highest BCUT2D eigenvalue weighted by Crippen LogP contribution is 2.38. The molecule has 0 fully saturated rings. The topological polar surface area (TPSA) is 73.6 Å². The third kappa shape index (κ3) is 3.15. The first kappa shape index (κ1) is 14.5. The quantitative estimate of drug-likeness (QED) is 0.784. The predicted octanol–water partition coefficient (Wildman–Crippen LogP) is 3.15. The SMILES string of the molecule is CCCCC(CC)C(=O)Nc1cc2c(cc1N)OCO2. The van der Waals surface area contributed by atoms with Crippen molar-refractivity contribution in [3.63, 3.8) is 0 Å². The van der Waals surface area contributed by atoms with Crippen LogP contribution < -0.4 is 20.5 Å². The summed E-state index contributed by atoms with van der Waals surface area (Å²) in [5, 5.41) is 2.90. The van der Waals surface area contributed by atoms with Gasteiger partial charge in [0.15, 0.2) is 11.5 Å². The van der Waals surface area contributed by atoms with Crippen molar-refractivity contribution in [1.82, 2.24) is 0 Å². The third-order valence-electron chi connectivity index (χ3n) is 3.57. The first-order valence-electron chi connectivity index (χ1n) is 7.15. The Morgan fingerprint density at radius 3 is 2.70 bits per heavy atom. The summed E-state index contributed by atoms with van der Waals surface area (Å²) in [6, 6.07) is 3.41. The predicted molar refractivity (Wildman–Crippen MR) is 78.9 cm³/mol.